The highest BCUT2D eigenvalue weighted by molar-refractivity contribution is 6.30. The summed E-state index contributed by atoms with van der Waals surface area (Å²) in [6.45, 7) is 0.0725. The van der Waals surface area contributed by atoms with E-state index in [4.69, 9.17) is 21.4 Å². The van der Waals surface area contributed by atoms with Crippen molar-refractivity contribution in [1.29, 1.82) is 0 Å². The summed E-state index contributed by atoms with van der Waals surface area (Å²) in [6.07, 6.45) is -0.147. The smallest absolute Gasteiger partial charge is 0.305 e. The third-order valence-corrected chi connectivity index (χ3v) is 3.52. The number of aliphatic carboxylic acids is 1. The fourth-order valence-electron chi connectivity index (χ4n) is 2.07. The first-order valence-corrected chi connectivity index (χ1v) is 7.32. The van der Waals surface area contributed by atoms with Crippen molar-refractivity contribution in [2.45, 2.75) is 6.42 Å². The molecular weight excluding hydrogens is 318 g/mol. The maximum absolute atomic E-state index is 12.7. The summed E-state index contributed by atoms with van der Waals surface area (Å²) < 4.78 is 5.09. The van der Waals surface area contributed by atoms with E-state index in [1.807, 2.05) is 0 Å². The van der Waals surface area contributed by atoms with Gasteiger partial charge in [-0.1, -0.05) is 11.6 Å². The molecule has 0 spiro atoms. The standard InChI is InChI=1S/C17H16ClNO4/c1-23-15-8-6-14(7-9-15)19(11-10-16(20)21)17(22)12-2-4-13(18)5-3-12/h2-9H,10-11H2,1H3,(H,20,21). The van der Waals surface area contributed by atoms with E-state index in [0.717, 1.165) is 0 Å². The quantitative estimate of drug-likeness (QED) is 0.879. The number of ether oxygens (including phenoxy) is 1. The van der Waals surface area contributed by atoms with Gasteiger partial charge in [0.25, 0.3) is 5.91 Å². The number of carbonyl (C=O) groups is 2. The fraction of sp³-hybridized carbons (Fsp3) is 0.176. The Bertz CT molecular complexity index is 683. The van der Waals surface area contributed by atoms with Gasteiger partial charge in [-0.05, 0) is 48.5 Å². The van der Waals surface area contributed by atoms with Gasteiger partial charge < -0.3 is 14.7 Å². The second-order valence-corrected chi connectivity index (χ2v) is 5.24. The van der Waals surface area contributed by atoms with Gasteiger partial charge in [-0.25, -0.2) is 0 Å². The molecule has 0 atom stereocenters. The van der Waals surface area contributed by atoms with E-state index in [1.165, 1.54) is 4.90 Å². The number of nitrogens with zero attached hydrogens (tertiary/aromatic N) is 1. The average molecular weight is 334 g/mol. The molecular formula is C17H16ClNO4. The Kier molecular flexibility index (Phi) is 5.60. The van der Waals surface area contributed by atoms with Gasteiger partial charge in [-0.3, -0.25) is 9.59 Å². The van der Waals surface area contributed by atoms with Crippen LogP contribution in [0.25, 0.3) is 0 Å². The SMILES string of the molecule is COc1ccc(N(CCC(=O)O)C(=O)c2ccc(Cl)cc2)cc1. The van der Waals surface area contributed by atoms with E-state index in [2.05, 4.69) is 0 Å². The molecule has 5 nitrogen and oxygen atoms in total. The lowest BCUT2D eigenvalue weighted by Gasteiger charge is -2.22. The third-order valence-electron chi connectivity index (χ3n) is 3.27. The summed E-state index contributed by atoms with van der Waals surface area (Å²) >= 11 is 5.83. The summed E-state index contributed by atoms with van der Waals surface area (Å²) in [5.74, 6) is -0.591. The first-order valence-electron chi connectivity index (χ1n) is 6.94. The molecule has 120 valence electrons. The molecule has 0 unspecified atom stereocenters. The topological polar surface area (TPSA) is 66.8 Å². The van der Waals surface area contributed by atoms with Crippen LogP contribution in [0, 0.1) is 0 Å². The van der Waals surface area contributed by atoms with Crippen molar-refractivity contribution in [1.82, 2.24) is 0 Å². The first-order chi connectivity index (χ1) is 11.0. The maximum atomic E-state index is 12.7. The van der Waals surface area contributed by atoms with Crippen molar-refractivity contribution >= 4 is 29.2 Å². The van der Waals surface area contributed by atoms with Crippen molar-refractivity contribution in [2.75, 3.05) is 18.6 Å². The third kappa shape index (κ3) is 4.47. The zero-order chi connectivity index (χ0) is 16.8. The number of hydrogen-bond donors (Lipinski definition) is 1. The lowest BCUT2D eigenvalue weighted by Crippen LogP contribution is -2.33. The summed E-state index contributed by atoms with van der Waals surface area (Å²) in [5, 5.41) is 9.44. The molecule has 0 aromatic heterocycles. The molecule has 23 heavy (non-hydrogen) atoms. The van der Waals surface area contributed by atoms with Crippen LogP contribution in [0.15, 0.2) is 48.5 Å². The summed E-state index contributed by atoms with van der Waals surface area (Å²) in [4.78, 5) is 25.0. The van der Waals surface area contributed by atoms with Gasteiger partial charge >= 0.3 is 5.97 Å². The van der Waals surface area contributed by atoms with Crippen LogP contribution in [0.2, 0.25) is 5.02 Å². The van der Waals surface area contributed by atoms with Crippen molar-refractivity contribution in [3.63, 3.8) is 0 Å². The minimum absolute atomic E-state index is 0.0725. The number of rotatable bonds is 6. The monoisotopic (exact) mass is 333 g/mol. The highest BCUT2D eigenvalue weighted by atomic mass is 35.5. The molecule has 0 bridgehead atoms. The molecule has 2 aromatic rings. The zero-order valence-corrected chi connectivity index (χ0v) is 13.3. The molecule has 0 saturated carbocycles. The second-order valence-electron chi connectivity index (χ2n) is 4.81. The number of halogens is 1. The Labute approximate surface area is 139 Å². The molecule has 0 heterocycles. The zero-order valence-electron chi connectivity index (χ0n) is 12.5. The van der Waals surface area contributed by atoms with E-state index in [-0.39, 0.29) is 18.9 Å². The first kappa shape index (κ1) is 16.8. The van der Waals surface area contributed by atoms with Crippen molar-refractivity contribution in [2.24, 2.45) is 0 Å². The van der Waals surface area contributed by atoms with Gasteiger partial charge in [0.2, 0.25) is 0 Å². The lowest BCUT2D eigenvalue weighted by atomic mass is 10.1. The van der Waals surface area contributed by atoms with E-state index < -0.39 is 5.97 Å². The predicted molar refractivity (Wildman–Crippen MR) is 88.4 cm³/mol. The van der Waals surface area contributed by atoms with Crippen LogP contribution in [-0.2, 0) is 4.79 Å². The Hall–Kier alpha value is -2.53. The van der Waals surface area contributed by atoms with Crippen LogP contribution in [0.1, 0.15) is 16.8 Å². The second kappa shape index (κ2) is 7.65. The molecule has 1 N–H and O–H groups in total. The molecule has 0 aliphatic carbocycles. The Morgan fingerprint density at radius 2 is 1.70 bits per heavy atom. The lowest BCUT2D eigenvalue weighted by molar-refractivity contribution is -0.136. The van der Waals surface area contributed by atoms with E-state index in [0.29, 0.717) is 22.0 Å². The largest absolute Gasteiger partial charge is 0.497 e. The fourth-order valence-corrected chi connectivity index (χ4v) is 2.19. The Morgan fingerprint density at radius 3 is 2.22 bits per heavy atom. The van der Waals surface area contributed by atoms with Crippen LogP contribution in [0.5, 0.6) is 5.75 Å². The number of carbonyl (C=O) groups excluding carboxylic acids is 1. The number of amides is 1. The molecule has 0 radical (unpaired) electrons. The van der Waals surface area contributed by atoms with Gasteiger partial charge in [-0.15, -0.1) is 0 Å². The van der Waals surface area contributed by atoms with Gasteiger partial charge in [0.1, 0.15) is 5.75 Å². The van der Waals surface area contributed by atoms with Crippen molar-refractivity contribution in [3.05, 3.63) is 59.1 Å². The van der Waals surface area contributed by atoms with Gasteiger partial charge in [0.15, 0.2) is 0 Å². The molecule has 0 fully saturated rings. The van der Waals surface area contributed by atoms with Gasteiger partial charge in [0, 0.05) is 22.8 Å². The van der Waals surface area contributed by atoms with Gasteiger partial charge in [0.05, 0.1) is 13.5 Å². The summed E-state index contributed by atoms with van der Waals surface area (Å²) in [6, 6.07) is 13.3. The van der Waals surface area contributed by atoms with Gasteiger partial charge in [-0.2, -0.15) is 0 Å². The minimum Gasteiger partial charge on any atom is -0.497 e. The van der Waals surface area contributed by atoms with Crippen LogP contribution >= 0.6 is 11.6 Å². The maximum Gasteiger partial charge on any atom is 0.305 e. The number of hydrogen-bond acceptors (Lipinski definition) is 3. The normalized spacial score (nSPS) is 10.2. The number of carboxylic acids is 1. The minimum atomic E-state index is -0.965. The van der Waals surface area contributed by atoms with Crippen LogP contribution in [0.3, 0.4) is 0 Å². The predicted octanol–water partition coefficient (Wildman–Crippen LogP) is 3.47. The Morgan fingerprint density at radius 1 is 1.09 bits per heavy atom. The van der Waals surface area contributed by atoms with Crippen LogP contribution < -0.4 is 9.64 Å². The molecule has 0 saturated heterocycles. The Balaban J connectivity index is 2.29. The number of anilines is 1. The molecule has 0 aliphatic rings. The molecule has 2 aromatic carbocycles. The summed E-state index contributed by atoms with van der Waals surface area (Å²) in [5.41, 5.74) is 1.04. The highest BCUT2D eigenvalue weighted by Crippen LogP contribution is 2.22. The summed E-state index contributed by atoms with van der Waals surface area (Å²) in [7, 11) is 1.55. The highest BCUT2D eigenvalue weighted by Gasteiger charge is 2.18. The number of benzene rings is 2. The number of carboxylic acid groups (broad SMARTS) is 1. The van der Waals surface area contributed by atoms with E-state index in [9.17, 15) is 9.59 Å². The number of methoxy groups -OCH3 is 1. The molecule has 2 rings (SSSR count). The van der Waals surface area contributed by atoms with Crippen LogP contribution in [0.4, 0.5) is 5.69 Å². The average Bonchev–Trinajstić information content (AvgIpc) is 2.56. The molecule has 1 amide bonds. The van der Waals surface area contributed by atoms with E-state index >= 15 is 0 Å². The van der Waals surface area contributed by atoms with E-state index in [1.54, 1.807) is 55.6 Å². The van der Waals surface area contributed by atoms with Crippen molar-refractivity contribution in [3.8, 4) is 5.75 Å². The van der Waals surface area contributed by atoms with Crippen molar-refractivity contribution < 1.29 is 19.4 Å². The molecule has 0 aliphatic heterocycles. The molecule has 6 heteroatoms. The van der Waals surface area contributed by atoms with Crippen LogP contribution in [-0.4, -0.2) is 30.6 Å².